The molecule has 0 saturated carbocycles. The van der Waals surface area contributed by atoms with E-state index in [4.69, 9.17) is 9.97 Å². The molecule has 3 aromatic heterocycles. The molecule has 4 heteroatoms. The zero-order valence-electron chi connectivity index (χ0n) is 34.4. The second kappa shape index (κ2) is 14.3. The van der Waals surface area contributed by atoms with Gasteiger partial charge in [0.2, 0.25) is 0 Å². The van der Waals surface area contributed by atoms with E-state index in [9.17, 15) is 0 Å². The van der Waals surface area contributed by atoms with Crippen LogP contribution in [0.1, 0.15) is 11.1 Å². The van der Waals surface area contributed by atoms with Crippen molar-refractivity contribution in [3.05, 3.63) is 217 Å². The Balaban J connectivity index is 0.907. The van der Waals surface area contributed by atoms with Gasteiger partial charge in [0, 0.05) is 44.0 Å². The van der Waals surface area contributed by atoms with E-state index in [0.29, 0.717) is 0 Å². The molecule has 292 valence electrons. The maximum Gasteiger partial charge on any atom is 0.0973 e. The van der Waals surface area contributed by atoms with Crippen molar-refractivity contribution in [1.82, 2.24) is 19.1 Å². The van der Waals surface area contributed by atoms with Crippen LogP contribution in [0.3, 0.4) is 0 Å². The van der Waals surface area contributed by atoms with E-state index in [0.717, 1.165) is 44.7 Å². The number of benzene rings is 9. The number of rotatable bonds is 6. The summed E-state index contributed by atoms with van der Waals surface area (Å²) in [6, 6.07) is 74.4. The van der Waals surface area contributed by atoms with Crippen LogP contribution in [0.25, 0.3) is 111 Å². The highest BCUT2D eigenvalue weighted by molar-refractivity contribution is 6.11. The molecule has 12 aromatic rings. The lowest BCUT2D eigenvalue weighted by molar-refractivity contribution is 1.17. The number of hydrogen-bond donors (Lipinski definition) is 0. The second-order valence-corrected chi connectivity index (χ2v) is 16.4. The largest absolute Gasteiger partial charge is 0.309 e. The van der Waals surface area contributed by atoms with Gasteiger partial charge in [0.05, 0.1) is 44.5 Å². The molecule has 0 amide bonds. The van der Waals surface area contributed by atoms with Crippen LogP contribution < -0.4 is 0 Å². The van der Waals surface area contributed by atoms with Crippen LogP contribution in [0.2, 0.25) is 0 Å². The number of fused-ring (bicyclic) bond motifs is 7. The second-order valence-electron chi connectivity index (χ2n) is 16.4. The third-order valence-electron chi connectivity index (χ3n) is 12.5. The SMILES string of the molecule is Cc1ccc(-n2c3ccccc3c3cc(-c4ccc(-c5nc6ccccc6nc5-c5ccc(-c6ccc7c(c6)c6ccccc6n7-c6ccc(C)cc6)cc5)cc4)ccc32)cc1. The summed E-state index contributed by atoms with van der Waals surface area (Å²) in [6.45, 7) is 4.26. The topological polar surface area (TPSA) is 35.6 Å². The summed E-state index contributed by atoms with van der Waals surface area (Å²) in [5, 5.41) is 4.97. The minimum Gasteiger partial charge on any atom is -0.309 e. The third-order valence-corrected chi connectivity index (χ3v) is 12.5. The van der Waals surface area contributed by atoms with Crippen LogP contribution in [0, 0.1) is 13.8 Å². The predicted molar refractivity (Wildman–Crippen MR) is 259 cm³/mol. The molecule has 62 heavy (non-hydrogen) atoms. The van der Waals surface area contributed by atoms with Gasteiger partial charge < -0.3 is 9.13 Å². The molecule has 0 radical (unpaired) electrons. The molecule has 12 rings (SSSR count). The van der Waals surface area contributed by atoms with Crippen molar-refractivity contribution >= 4 is 54.6 Å². The van der Waals surface area contributed by atoms with Gasteiger partial charge in [0.25, 0.3) is 0 Å². The first-order valence-corrected chi connectivity index (χ1v) is 21.2. The van der Waals surface area contributed by atoms with E-state index in [2.05, 4.69) is 205 Å². The molecule has 0 aliphatic carbocycles. The maximum absolute atomic E-state index is 5.24. The van der Waals surface area contributed by atoms with Gasteiger partial charge in [-0.3, -0.25) is 0 Å². The van der Waals surface area contributed by atoms with E-state index in [1.165, 1.54) is 77.2 Å². The van der Waals surface area contributed by atoms with Gasteiger partial charge in [-0.25, -0.2) is 9.97 Å². The van der Waals surface area contributed by atoms with Gasteiger partial charge in [-0.2, -0.15) is 0 Å². The summed E-state index contributed by atoms with van der Waals surface area (Å²) in [7, 11) is 0. The molecular formula is C58H40N4. The van der Waals surface area contributed by atoms with Crippen molar-refractivity contribution < 1.29 is 0 Å². The van der Waals surface area contributed by atoms with Crippen molar-refractivity contribution in [1.29, 1.82) is 0 Å². The lowest BCUT2D eigenvalue weighted by atomic mass is 9.97. The van der Waals surface area contributed by atoms with Gasteiger partial charge in [0.1, 0.15) is 0 Å². The summed E-state index contributed by atoms with van der Waals surface area (Å²) >= 11 is 0. The molecule has 0 saturated heterocycles. The molecule has 9 aromatic carbocycles. The van der Waals surface area contributed by atoms with Crippen molar-refractivity contribution in [3.63, 3.8) is 0 Å². The van der Waals surface area contributed by atoms with E-state index < -0.39 is 0 Å². The van der Waals surface area contributed by atoms with Crippen molar-refractivity contribution in [2.24, 2.45) is 0 Å². The van der Waals surface area contributed by atoms with Crippen LogP contribution in [0.4, 0.5) is 0 Å². The Morgan fingerprint density at radius 1 is 0.290 bits per heavy atom. The van der Waals surface area contributed by atoms with Gasteiger partial charge >= 0.3 is 0 Å². The zero-order chi connectivity index (χ0) is 41.3. The van der Waals surface area contributed by atoms with Gasteiger partial charge in [-0.1, -0.05) is 145 Å². The molecule has 3 heterocycles. The highest BCUT2D eigenvalue weighted by atomic mass is 15.0. The van der Waals surface area contributed by atoms with Gasteiger partial charge in [0.15, 0.2) is 0 Å². The Kier molecular flexibility index (Phi) is 8.26. The summed E-state index contributed by atoms with van der Waals surface area (Å²) < 4.78 is 4.74. The summed E-state index contributed by atoms with van der Waals surface area (Å²) in [5.41, 5.74) is 19.8. The standard InChI is InChI=1S/C58H40N4/c1-37-15-29-45(30-16-37)61-53-13-7-3-9-47(53)49-35-43(27-33-55(49)61)39-19-23-41(24-20-39)57-58(60-52-12-6-5-11-51(52)59-57)42-25-21-40(22-26-42)44-28-34-56-50(36-44)48-10-4-8-14-54(48)62(56)46-31-17-38(2)18-32-46/h3-36H,1-2H3. The van der Waals surface area contributed by atoms with E-state index in [-0.39, 0.29) is 0 Å². The fraction of sp³-hybridized carbons (Fsp3) is 0.0345. The predicted octanol–water partition coefficient (Wildman–Crippen LogP) is 15.1. The van der Waals surface area contributed by atoms with Crippen LogP contribution >= 0.6 is 0 Å². The van der Waals surface area contributed by atoms with E-state index in [1.807, 2.05) is 24.3 Å². The minimum absolute atomic E-state index is 0.866. The Bertz CT molecular complexity index is 3420. The fourth-order valence-corrected chi connectivity index (χ4v) is 9.29. The monoisotopic (exact) mass is 792 g/mol. The quantitative estimate of drug-likeness (QED) is 0.168. The molecule has 0 bridgehead atoms. The number of aryl methyl sites for hydroxylation is 2. The average molecular weight is 793 g/mol. The van der Waals surface area contributed by atoms with Gasteiger partial charge in [-0.05, 0) is 109 Å². The Hall–Kier alpha value is -8.08. The highest BCUT2D eigenvalue weighted by Crippen LogP contribution is 2.39. The highest BCUT2D eigenvalue weighted by Gasteiger charge is 2.17. The van der Waals surface area contributed by atoms with Crippen molar-refractivity contribution in [3.8, 4) is 56.1 Å². The first-order valence-electron chi connectivity index (χ1n) is 21.2. The Morgan fingerprint density at radius 2 is 0.629 bits per heavy atom. The van der Waals surface area contributed by atoms with Crippen LogP contribution in [-0.4, -0.2) is 19.1 Å². The van der Waals surface area contributed by atoms with E-state index >= 15 is 0 Å². The molecule has 0 N–H and O–H groups in total. The Labute approximate surface area is 359 Å². The fourth-order valence-electron chi connectivity index (χ4n) is 9.29. The van der Waals surface area contributed by atoms with Crippen LogP contribution in [0.15, 0.2) is 206 Å². The molecule has 0 fully saturated rings. The number of nitrogens with zero attached hydrogens (tertiary/aromatic N) is 4. The molecule has 0 unspecified atom stereocenters. The first-order chi connectivity index (χ1) is 30.5. The number of hydrogen-bond acceptors (Lipinski definition) is 2. The van der Waals surface area contributed by atoms with Crippen LogP contribution in [-0.2, 0) is 0 Å². The average Bonchev–Trinajstić information content (AvgIpc) is 3.84. The molecular weight excluding hydrogens is 753 g/mol. The summed E-state index contributed by atoms with van der Waals surface area (Å²) in [4.78, 5) is 10.5. The maximum atomic E-state index is 5.24. The number of aromatic nitrogens is 4. The van der Waals surface area contributed by atoms with Gasteiger partial charge in [-0.15, -0.1) is 0 Å². The van der Waals surface area contributed by atoms with Crippen LogP contribution in [0.5, 0.6) is 0 Å². The van der Waals surface area contributed by atoms with E-state index in [1.54, 1.807) is 0 Å². The van der Waals surface area contributed by atoms with Crippen molar-refractivity contribution in [2.75, 3.05) is 0 Å². The lowest BCUT2D eigenvalue weighted by Gasteiger charge is -2.12. The third kappa shape index (κ3) is 5.91. The molecule has 0 aliphatic heterocycles. The summed E-state index contributed by atoms with van der Waals surface area (Å²) in [5.74, 6) is 0. The molecule has 0 spiro atoms. The summed E-state index contributed by atoms with van der Waals surface area (Å²) in [6.07, 6.45) is 0. The first kappa shape index (κ1) is 35.8. The molecule has 0 aliphatic rings. The minimum atomic E-state index is 0.866. The zero-order valence-corrected chi connectivity index (χ0v) is 34.4. The molecule has 0 atom stereocenters. The Morgan fingerprint density at radius 3 is 1.05 bits per heavy atom. The number of para-hydroxylation sites is 4. The molecule has 4 nitrogen and oxygen atoms in total. The smallest absolute Gasteiger partial charge is 0.0973 e. The van der Waals surface area contributed by atoms with Crippen molar-refractivity contribution in [2.45, 2.75) is 13.8 Å². The lowest BCUT2D eigenvalue weighted by Crippen LogP contribution is -1.96. The normalized spacial score (nSPS) is 11.7.